The van der Waals surface area contributed by atoms with E-state index in [4.69, 9.17) is 16.1 Å². The number of fused-ring (bicyclic) bond motifs is 1. The van der Waals surface area contributed by atoms with Crippen molar-refractivity contribution in [2.45, 2.75) is 45.6 Å². The summed E-state index contributed by atoms with van der Waals surface area (Å²) in [6, 6.07) is 5.83. The Bertz CT molecular complexity index is 981. The molecule has 1 aliphatic carbocycles. The van der Waals surface area contributed by atoms with E-state index in [0.717, 1.165) is 24.3 Å². The van der Waals surface area contributed by atoms with Gasteiger partial charge in [0.15, 0.2) is 5.82 Å². The number of nitrogens with one attached hydrogen (secondary N) is 2. The van der Waals surface area contributed by atoms with Crippen molar-refractivity contribution in [1.29, 1.82) is 5.41 Å². The van der Waals surface area contributed by atoms with E-state index in [1.54, 1.807) is 24.2 Å². The van der Waals surface area contributed by atoms with Gasteiger partial charge in [-0.1, -0.05) is 25.0 Å². The minimum atomic E-state index is -0.519. The van der Waals surface area contributed by atoms with Gasteiger partial charge < -0.3 is 26.3 Å². The molecule has 0 radical (unpaired) electrons. The zero-order chi connectivity index (χ0) is 21.5. The third kappa shape index (κ3) is 3.46. The molecule has 4 N–H and O–H groups in total. The van der Waals surface area contributed by atoms with Crippen LogP contribution in [-0.2, 0) is 4.79 Å². The van der Waals surface area contributed by atoms with E-state index in [0.29, 0.717) is 35.5 Å². The van der Waals surface area contributed by atoms with Crippen LogP contribution in [0.5, 0.6) is 0 Å². The van der Waals surface area contributed by atoms with E-state index in [2.05, 4.69) is 15.2 Å². The average molecular weight is 408 g/mol. The third-order valence-corrected chi connectivity index (χ3v) is 6.14. The van der Waals surface area contributed by atoms with Gasteiger partial charge in [0.2, 0.25) is 11.9 Å². The lowest BCUT2D eigenvalue weighted by atomic mass is 9.91. The fourth-order valence-electron chi connectivity index (χ4n) is 4.46. The molecule has 1 amide bonds. The highest BCUT2D eigenvalue weighted by molar-refractivity contribution is 6.01. The van der Waals surface area contributed by atoms with Crippen LogP contribution >= 0.6 is 0 Å². The highest BCUT2D eigenvalue weighted by Gasteiger charge is 2.41. The predicted molar refractivity (Wildman–Crippen MR) is 121 cm³/mol. The third-order valence-electron chi connectivity index (χ3n) is 6.14. The number of carbonyl (C=O) groups excluding carboxylic acids is 1. The van der Waals surface area contributed by atoms with E-state index in [-0.39, 0.29) is 5.91 Å². The zero-order valence-corrected chi connectivity index (χ0v) is 17.8. The second kappa shape index (κ2) is 7.59. The summed E-state index contributed by atoms with van der Waals surface area (Å²) in [6.45, 7) is 4.61. The summed E-state index contributed by atoms with van der Waals surface area (Å²) in [7, 11) is 1.79. The molecule has 2 aliphatic rings. The Morgan fingerprint density at radius 2 is 2.03 bits per heavy atom. The Kier molecular flexibility index (Phi) is 5.09. The standard InChI is InChI=1S/C22H29N7O/c1-22(2)13-29(15-8-4-5-9-15)19-17(28(3)20(22)30)12-25-21(27-19)26-16-10-6-7-14(11-23)18(16)24/h6-7,10-12,15,23H,4-5,8-9,13,24H2,1-3H3,(H,25,26,27). The van der Waals surface area contributed by atoms with Crippen molar-refractivity contribution in [2.24, 2.45) is 5.41 Å². The quantitative estimate of drug-likeness (QED) is 0.528. The summed E-state index contributed by atoms with van der Waals surface area (Å²) in [5.74, 6) is 1.27. The van der Waals surface area contributed by atoms with Crippen LogP contribution in [0.4, 0.5) is 28.8 Å². The molecule has 0 atom stereocenters. The van der Waals surface area contributed by atoms with Gasteiger partial charge in [0.05, 0.1) is 23.0 Å². The lowest BCUT2D eigenvalue weighted by Crippen LogP contribution is -2.45. The number of hydrogen-bond donors (Lipinski definition) is 3. The molecule has 1 aromatic heterocycles. The molecule has 8 heteroatoms. The van der Waals surface area contributed by atoms with Crippen molar-refractivity contribution in [3.63, 3.8) is 0 Å². The summed E-state index contributed by atoms with van der Waals surface area (Å²) in [5, 5.41) is 10.7. The van der Waals surface area contributed by atoms with Crippen LogP contribution < -0.4 is 20.9 Å². The van der Waals surface area contributed by atoms with Crippen molar-refractivity contribution < 1.29 is 4.79 Å². The molecular weight excluding hydrogens is 378 g/mol. The Balaban J connectivity index is 1.76. The molecule has 8 nitrogen and oxygen atoms in total. The maximum Gasteiger partial charge on any atom is 0.234 e. The summed E-state index contributed by atoms with van der Waals surface area (Å²) >= 11 is 0. The van der Waals surface area contributed by atoms with E-state index in [1.807, 2.05) is 26.0 Å². The number of nitrogens with two attached hydrogens (primary N) is 1. The number of amides is 1. The van der Waals surface area contributed by atoms with Crippen molar-refractivity contribution in [2.75, 3.05) is 34.4 Å². The first-order valence-corrected chi connectivity index (χ1v) is 10.4. The number of aromatic nitrogens is 2. The van der Waals surface area contributed by atoms with Gasteiger partial charge in [0.1, 0.15) is 5.69 Å². The highest BCUT2D eigenvalue weighted by Crippen LogP contribution is 2.40. The fourth-order valence-corrected chi connectivity index (χ4v) is 4.46. The van der Waals surface area contributed by atoms with Gasteiger partial charge in [-0.05, 0) is 32.8 Å². The molecule has 0 bridgehead atoms. The molecular formula is C22H29N7O. The number of para-hydroxylation sites is 1. The molecule has 0 saturated heterocycles. The van der Waals surface area contributed by atoms with Crippen LogP contribution in [0.25, 0.3) is 0 Å². The largest absolute Gasteiger partial charge is 0.397 e. The minimum Gasteiger partial charge on any atom is -0.397 e. The Labute approximate surface area is 177 Å². The fraction of sp³-hybridized carbons (Fsp3) is 0.455. The van der Waals surface area contributed by atoms with E-state index >= 15 is 0 Å². The summed E-state index contributed by atoms with van der Waals surface area (Å²) in [6.07, 6.45) is 7.54. The number of nitrogens with zero attached hydrogens (tertiary/aromatic N) is 4. The molecule has 1 saturated carbocycles. The van der Waals surface area contributed by atoms with E-state index < -0.39 is 5.41 Å². The average Bonchev–Trinajstić information content (AvgIpc) is 3.25. The minimum absolute atomic E-state index is 0.0662. The summed E-state index contributed by atoms with van der Waals surface area (Å²) < 4.78 is 0. The Morgan fingerprint density at radius 1 is 1.30 bits per heavy atom. The van der Waals surface area contributed by atoms with Crippen LogP contribution in [0, 0.1) is 10.8 Å². The van der Waals surface area contributed by atoms with Gasteiger partial charge in [-0.2, -0.15) is 4.98 Å². The van der Waals surface area contributed by atoms with E-state index in [1.165, 1.54) is 19.1 Å². The molecule has 158 valence electrons. The van der Waals surface area contributed by atoms with Crippen LogP contribution in [-0.4, -0.2) is 41.7 Å². The number of carbonyl (C=O) groups is 1. The van der Waals surface area contributed by atoms with Crippen molar-refractivity contribution >= 4 is 41.0 Å². The van der Waals surface area contributed by atoms with Gasteiger partial charge in [-0.25, -0.2) is 4.98 Å². The highest BCUT2D eigenvalue weighted by atomic mass is 16.2. The van der Waals surface area contributed by atoms with Gasteiger partial charge in [-0.15, -0.1) is 0 Å². The monoisotopic (exact) mass is 407 g/mol. The van der Waals surface area contributed by atoms with Gasteiger partial charge in [-0.3, -0.25) is 4.79 Å². The molecule has 30 heavy (non-hydrogen) atoms. The Morgan fingerprint density at radius 3 is 2.73 bits per heavy atom. The lowest BCUT2D eigenvalue weighted by Gasteiger charge is -2.34. The van der Waals surface area contributed by atoms with Crippen LogP contribution in [0.1, 0.15) is 45.1 Å². The van der Waals surface area contributed by atoms with Crippen LogP contribution in [0.2, 0.25) is 0 Å². The van der Waals surface area contributed by atoms with Crippen LogP contribution in [0.15, 0.2) is 24.4 Å². The van der Waals surface area contributed by atoms with Gasteiger partial charge in [0, 0.05) is 31.4 Å². The molecule has 2 aromatic rings. The van der Waals surface area contributed by atoms with Crippen molar-refractivity contribution in [1.82, 2.24) is 9.97 Å². The number of rotatable bonds is 4. The topological polar surface area (TPSA) is 111 Å². The zero-order valence-electron chi connectivity index (χ0n) is 17.8. The molecule has 0 unspecified atom stereocenters. The number of benzene rings is 1. The Hall–Kier alpha value is -3.16. The number of nitrogen functional groups attached to an aromatic ring is 1. The number of anilines is 5. The van der Waals surface area contributed by atoms with Crippen LogP contribution in [0.3, 0.4) is 0 Å². The van der Waals surface area contributed by atoms with Gasteiger partial charge in [0.25, 0.3) is 0 Å². The second-order valence-corrected chi connectivity index (χ2v) is 8.79. The van der Waals surface area contributed by atoms with Crippen molar-refractivity contribution in [3.05, 3.63) is 30.0 Å². The maximum atomic E-state index is 13.1. The molecule has 1 fully saturated rings. The van der Waals surface area contributed by atoms with Gasteiger partial charge >= 0.3 is 0 Å². The predicted octanol–water partition coefficient (Wildman–Crippen LogP) is 3.55. The molecule has 2 heterocycles. The first kappa shape index (κ1) is 20.1. The SMILES string of the molecule is CN1C(=O)C(C)(C)CN(C2CCCC2)c2nc(Nc3cccc(C=N)c3N)ncc21. The normalized spacial score (nSPS) is 18.8. The smallest absolute Gasteiger partial charge is 0.234 e. The lowest BCUT2D eigenvalue weighted by molar-refractivity contribution is -0.125. The molecule has 1 aromatic carbocycles. The maximum absolute atomic E-state index is 13.1. The first-order chi connectivity index (χ1) is 14.3. The van der Waals surface area contributed by atoms with Crippen molar-refractivity contribution in [3.8, 4) is 0 Å². The van der Waals surface area contributed by atoms with E-state index in [9.17, 15) is 4.79 Å². The second-order valence-electron chi connectivity index (χ2n) is 8.79. The number of hydrogen-bond acceptors (Lipinski definition) is 7. The molecule has 1 aliphatic heterocycles. The molecule has 0 spiro atoms. The first-order valence-electron chi connectivity index (χ1n) is 10.4. The summed E-state index contributed by atoms with van der Waals surface area (Å²) in [5.41, 5.74) is 8.15. The summed E-state index contributed by atoms with van der Waals surface area (Å²) in [4.78, 5) is 26.4. The molecule has 4 rings (SSSR count).